The molecular weight excluding hydrogens is 218 g/mol. The highest BCUT2D eigenvalue weighted by Gasteiger charge is 2.26. The first kappa shape index (κ1) is 11.6. The molecule has 1 fully saturated rings. The molecule has 17 heavy (non-hydrogen) atoms. The highest BCUT2D eigenvalue weighted by atomic mass is 16.2. The minimum Gasteiger partial charge on any atom is -0.369 e. The Morgan fingerprint density at radius 1 is 1.35 bits per heavy atom. The maximum absolute atomic E-state index is 12.0. The first-order valence-electron chi connectivity index (χ1n) is 5.67. The van der Waals surface area contributed by atoms with Crippen LogP contribution in [0.2, 0.25) is 0 Å². The molecule has 1 aromatic heterocycles. The van der Waals surface area contributed by atoms with Crippen molar-refractivity contribution >= 4 is 11.8 Å². The predicted octanol–water partition coefficient (Wildman–Crippen LogP) is 0.419. The molecule has 2 rings (SSSR count). The standard InChI is InChI=1S/C12H15N3O2/c13-11(16)9-3-6-15(7-4-9)12(17)10-2-1-5-14-8-10/h1-2,5,8-9H,3-4,6-7H2,(H2,13,16). The number of piperidine rings is 1. The predicted molar refractivity (Wildman–Crippen MR) is 62.1 cm³/mol. The molecule has 0 bridgehead atoms. The van der Waals surface area contributed by atoms with Crippen molar-refractivity contribution in [3.05, 3.63) is 30.1 Å². The maximum Gasteiger partial charge on any atom is 0.255 e. The Morgan fingerprint density at radius 3 is 2.59 bits per heavy atom. The molecule has 0 unspecified atom stereocenters. The van der Waals surface area contributed by atoms with Crippen LogP contribution >= 0.6 is 0 Å². The lowest BCUT2D eigenvalue weighted by Gasteiger charge is -2.30. The van der Waals surface area contributed by atoms with Crippen molar-refractivity contribution in [2.45, 2.75) is 12.8 Å². The van der Waals surface area contributed by atoms with Crippen LogP contribution in [0, 0.1) is 5.92 Å². The topological polar surface area (TPSA) is 76.3 Å². The van der Waals surface area contributed by atoms with Gasteiger partial charge in [0.1, 0.15) is 0 Å². The third-order valence-electron chi connectivity index (χ3n) is 3.09. The normalized spacial score (nSPS) is 16.8. The molecule has 0 radical (unpaired) electrons. The van der Waals surface area contributed by atoms with E-state index in [9.17, 15) is 9.59 Å². The minimum atomic E-state index is -0.265. The molecule has 0 aliphatic carbocycles. The number of rotatable bonds is 2. The molecule has 1 aliphatic heterocycles. The largest absolute Gasteiger partial charge is 0.369 e. The Bertz CT molecular complexity index is 411. The minimum absolute atomic E-state index is 0.0268. The van der Waals surface area contributed by atoms with Crippen molar-refractivity contribution in [2.24, 2.45) is 11.7 Å². The van der Waals surface area contributed by atoms with Gasteiger partial charge in [0.05, 0.1) is 5.56 Å². The average molecular weight is 233 g/mol. The number of primary amides is 1. The summed E-state index contributed by atoms with van der Waals surface area (Å²) in [5.74, 6) is -0.382. The number of pyridine rings is 1. The number of hydrogen-bond donors (Lipinski definition) is 1. The van der Waals surface area contributed by atoms with Crippen LogP contribution in [0.25, 0.3) is 0 Å². The lowest BCUT2D eigenvalue weighted by atomic mass is 9.96. The van der Waals surface area contributed by atoms with Gasteiger partial charge >= 0.3 is 0 Å². The Morgan fingerprint density at radius 2 is 2.06 bits per heavy atom. The van der Waals surface area contributed by atoms with Gasteiger partial charge in [-0.25, -0.2) is 0 Å². The van der Waals surface area contributed by atoms with Crippen LogP contribution in [0.3, 0.4) is 0 Å². The molecule has 5 nitrogen and oxygen atoms in total. The van der Waals surface area contributed by atoms with Crippen molar-refractivity contribution in [3.8, 4) is 0 Å². The zero-order valence-electron chi connectivity index (χ0n) is 9.50. The maximum atomic E-state index is 12.0. The fraction of sp³-hybridized carbons (Fsp3) is 0.417. The van der Waals surface area contributed by atoms with Crippen molar-refractivity contribution in [1.29, 1.82) is 0 Å². The van der Waals surface area contributed by atoms with Gasteiger partial charge in [0.15, 0.2) is 0 Å². The van der Waals surface area contributed by atoms with Gasteiger partial charge in [-0.3, -0.25) is 14.6 Å². The molecule has 0 aromatic carbocycles. The molecule has 2 N–H and O–H groups in total. The van der Waals surface area contributed by atoms with Crippen LogP contribution in [0.4, 0.5) is 0 Å². The van der Waals surface area contributed by atoms with Crippen LogP contribution in [-0.4, -0.2) is 34.8 Å². The van der Waals surface area contributed by atoms with E-state index in [0.29, 0.717) is 31.5 Å². The van der Waals surface area contributed by atoms with Crippen LogP contribution in [0.5, 0.6) is 0 Å². The Kier molecular flexibility index (Phi) is 3.37. The van der Waals surface area contributed by atoms with Crippen LogP contribution in [0.1, 0.15) is 23.2 Å². The number of likely N-dealkylation sites (tertiary alicyclic amines) is 1. The molecule has 90 valence electrons. The fourth-order valence-corrected chi connectivity index (χ4v) is 2.04. The average Bonchev–Trinajstić information content (AvgIpc) is 2.39. The first-order chi connectivity index (χ1) is 8.18. The van der Waals surface area contributed by atoms with E-state index in [1.165, 1.54) is 0 Å². The third-order valence-corrected chi connectivity index (χ3v) is 3.09. The van der Waals surface area contributed by atoms with Gasteiger partial charge in [0.2, 0.25) is 5.91 Å². The lowest BCUT2D eigenvalue weighted by molar-refractivity contribution is -0.123. The van der Waals surface area contributed by atoms with Crippen molar-refractivity contribution < 1.29 is 9.59 Å². The number of nitrogens with two attached hydrogens (primary N) is 1. The number of nitrogens with zero attached hydrogens (tertiary/aromatic N) is 2. The Balaban J connectivity index is 1.98. The van der Waals surface area contributed by atoms with E-state index in [1.54, 1.807) is 29.4 Å². The van der Waals surface area contributed by atoms with E-state index < -0.39 is 0 Å². The molecular formula is C12H15N3O2. The first-order valence-corrected chi connectivity index (χ1v) is 5.67. The summed E-state index contributed by atoms with van der Waals surface area (Å²) in [6.45, 7) is 1.17. The summed E-state index contributed by atoms with van der Waals surface area (Å²) in [6.07, 6.45) is 4.50. The molecule has 1 aliphatic rings. The second-order valence-corrected chi connectivity index (χ2v) is 4.21. The highest BCUT2D eigenvalue weighted by molar-refractivity contribution is 5.94. The quantitative estimate of drug-likeness (QED) is 0.804. The van der Waals surface area contributed by atoms with Gasteiger partial charge in [-0.15, -0.1) is 0 Å². The molecule has 0 spiro atoms. The summed E-state index contributed by atoms with van der Waals surface area (Å²) in [5, 5.41) is 0. The molecule has 0 atom stereocenters. The Hall–Kier alpha value is -1.91. The van der Waals surface area contributed by atoms with Gasteiger partial charge < -0.3 is 10.6 Å². The van der Waals surface area contributed by atoms with E-state index in [1.807, 2.05) is 0 Å². The second kappa shape index (κ2) is 4.95. The zero-order valence-corrected chi connectivity index (χ0v) is 9.50. The van der Waals surface area contributed by atoms with E-state index in [4.69, 9.17) is 5.73 Å². The van der Waals surface area contributed by atoms with Crippen LogP contribution in [-0.2, 0) is 4.79 Å². The number of carbonyl (C=O) groups is 2. The monoisotopic (exact) mass is 233 g/mol. The summed E-state index contributed by atoms with van der Waals surface area (Å²) >= 11 is 0. The second-order valence-electron chi connectivity index (χ2n) is 4.21. The molecule has 5 heteroatoms. The van der Waals surface area contributed by atoms with Gasteiger partial charge in [-0.05, 0) is 25.0 Å². The molecule has 1 aromatic rings. The van der Waals surface area contributed by atoms with Gasteiger partial charge in [0, 0.05) is 31.4 Å². The van der Waals surface area contributed by atoms with Crippen molar-refractivity contribution in [3.63, 3.8) is 0 Å². The van der Waals surface area contributed by atoms with Gasteiger partial charge in [0.25, 0.3) is 5.91 Å². The van der Waals surface area contributed by atoms with E-state index in [-0.39, 0.29) is 17.7 Å². The third kappa shape index (κ3) is 2.61. The fourth-order valence-electron chi connectivity index (χ4n) is 2.04. The molecule has 2 heterocycles. The van der Waals surface area contributed by atoms with Gasteiger partial charge in [-0.2, -0.15) is 0 Å². The molecule has 0 saturated carbocycles. The number of hydrogen-bond acceptors (Lipinski definition) is 3. The van der Waals surface area contributed by atoms with Crippen LogP contribution in [0.15, 0.2) is 24.5 Å². The summed E-state index contributed by atoms with van der Waals surface area (Å²) in [6, 6.07) is 3.49. The molecule has 2 amide bonds. The van der Waals surface area contributed by atoms with E-state index in [0.717, 1.165) is 0 Å². The van der Waals surface area contributed by atoms with Crippen LogP contribution < -0.4 is 5.73 Å². The highest BCUT2D eigenvalue weighted by Crippen LogP contribution is 2.18. The van der Waals surface area contributed by atoms with Gasteiger partial charge in [-0.1, -0.05) is 0 Å². The SMILES string of the molecule is NC(=O)C1CCN(C(=O)c2cccnc2)CC1. The smallest absolute Gasteiger partial charge is 0.255 e. The van der Waals surface area contributed by atoms with E-state index in [2.05, 4.69) is 4.98 Å². The van der Waals surface area contributed by atoms with E-state index >= 15 is 0 Å². The summed E-state index contributed by atoms with van der Waals surface area (Å²) in [5.41, 5.74) is 5.84. The summed E-state index contributed by atoms with van der Waals surface area (Å²) < 4.78 is 0. The zero-order chi connectivity index (χ0) is 12.3. The Labute approximate surface area is 99.6 Å². The lowest BCUT2D eigenvalue weighted by Crippen LogP contribution is -2.41. The van der Waals surface area contributed by atoms with Crippen molar-refractivity contribution in [1.82, 2.24) is 9.88 Å². The summed E-state index contributed by atoms with van der Waals surface area (Å²) in [7, 11) is 0. The van der Waals surface area contributed by atoms with Crippen molar-refractivity contribution in [2.75, 3.05) is 13.1 Å². The molecule has 1 saturated heterocycles. The summed E-state index contributed by atoms with van der Waals surface area (Å²) in [4.78, 5) is 28.7. The number of amides is 2. The number of carbonyl (C=O) groups excluding carboxylic acids is 2. The number of aromatic nitrogens is 1.